The van der Waals surface area contributed by atoms with Gasteiger partial charge in [0.2, 0.25) is 0 Å². The Morgan fingerprint density at radius 2 is 2.14 bits per heavy atom. The predicted octanol–water partition coefficient (Wildman–Crippen LogP) is 2.70. The molecule has 3 aromatic rings. The molecular formula is C16H18N4O. The molecular weight excluding hydrogens is 264 g/mol. The maximum absolute atomic E-state index is 5.36. The first-order valence-electron chi connectivity index (χ1n) is 6.94. The van der Waals surface area contributed by atoms with Gasteiger partial charge in [0.25, 0.3) is 0 Å². The van der Waals surface area contributed by atoms with Crippen LogP contribution in [0.15, 0.2) is 42.7 Å². The maximum Gasteiger partial charge on any atom is 0.152 e. The lowest BCUT2D eigenvalue weighted by molar-refractivity contribution is 0.410. The van der Waals surface area contributed by atoms with Gasteiger partial charge in [-0.05, 0) is 31.0 Å². The summed E-state index contributed by atoms with van der Waals surface area (Å²) in [6.07, 6.45) is 4.48. The number of hydrogen-bond donors (Lipinski definition) is 1. The monoisotopic (exact) mass is 282 g/mol. The van der Waals surface area contributed by atoms with E-state index in [0.717, 1.165) is 35.7 Å². The third-order valence-electron chi connectivity index (χ3n) is 3.39. The minimum atomic E-state index is 0.789. The van der Waals surface area contributed by atoms with E-state index in [1.54, 1.807) is 13.3 Å². The number of hydrogen-bond acceptors (Lipinski definition) is 4. The third kappa shape index (κ3) is 2.81. The SMILES string of the molecule is COc1ccccc1CCNc1nccn2nc(C)cc12. The van der Waals surface area contributed by atoms with E-state index in [-0.39, 0.29) is 0 Å². The van der Waals surface area contributed by atoms with Crippen LogP contribution in [0.5, 0.6) is 5.75 Å². The minimum absolute atomic E-state index is 0.789. The first-order valence-corrected chi connectivity index (χ1v) is 6.94. The van der Waals surface area contributed by atoms with Crippen LogP contribution >= 0.6 is 0 Å². The molecule has 0 aliphatic rings. The highest BCUT2D eigenvalue weighted by atomic mass is 16.5. The highest BCUT2D eigenvalue weighted by molar-refractivity contribution is 5.67. The molecule has 1 aromatic carbocycles. The number of nitrogens with zero attached hydrogens (tertiary/aromatic N) is 3. The Morgan fingerprint density at radius 3 is 3.00 bits per heavy atom. The molecule has 0 aliphatic carbocycles. The van der Waals surface area contributed by atoms with Crippen LogP contribution in [0.1, 0.15) is 11.3 Å². The Hall–Kier alpha value is -2.56. The van der Waals surface area contributed by atoms with Crippen LogP contribution in [0, 0.1) is 6.92 Å². The number of rotatable bonds is 5. The summed E-state index contributed by atoms with van der Waals surface area (Å²) < 4.78 is 7.21. The normalized spacial score (nSPS) is 10.8. The summed E-state index contributed by atoms with van der Waals surface area (Å²) in [6.45, 7) is 2.77. The molecule has 0 atom stereocenters. The second-order valence-corrected chi connectivity index (χ2v) is 4.88. The predicted molar refractivity (Wildman–Crippen MR) is 82.9 cm³/mol. The van der Waals surface area contributed by atoms with Crippen LogP contribution in [0.25, 0.3) is 5.52 Å². The Balaban J connectivity index is 1.72. The molecule has 0 saturated heterocycles. The maximum atomic E-state index is 5.36. The Kier molecular flexibility index (Phi) is 3.73. The lowest BCUT2D eigenvalue weighted by Gasteiger charge is -2.09. The Bertz CT molecular complexity index is 751. The number of benzene rings is 1. The van der Waals surface area contributed by atoms with Crippen molar-refractivity contribution in [3.8, 4) is 5.75 Å². The fourth-order valence-corrected chi connectivity index (χ4v) is 2.41. The second-order valence-electron chi connectivity index (χ2n) is 4.88. The molecule has 108 valence electrons. The second kappa shape index (κ2) is 5.83. The van der Waals surface area contributed by atoms with Crippen molar-refractivity contribution in [3.63, 3.8) is 0 Å². The van der Waals surface area contributed by atoms with Crippen molar-refractivity contribution >= 4 is 11.3 Å². The van der Waals surface area contributed by atoms with Crippen molar-refractivity contribution in [1.29, 1.82) is 0 Å². The minimum Gasteiger partial charge on any atom is -0.496 e. The summed E-state index contributed by atoms with van der Waals surface area (Å²) in [6, 6.07) is 10.1. The Morgan fingerprint density at radius 1 is 1.29 bits per heavy atom. The van der Waals surface area contributed by atoms with Gasteiger partial charge in [0.1, 0.15) is 11.3 Å². The van der Waals surface area contributed by atoms with E-state index >= 15 is 0 Å². The van der Waals surface area contributed by atoms with Gasteiger partial charge in [0.15, 0.2) is 5.82 Å². The molecule has 2 aromatic heterocycles. The Labute approximate surface area is 123 Å². The van der Waals surface area contributed by atoms with Gasteiger partial charge in [0, 0.05) is 18.9 Å². The van der Waals surface area contributed by atoms with Gasteiger partial charge in [0.05, 0.1) is 12.8 Å². The van der Waals surface area contributed by atoms with Gasteiger partial charge in [-0.15, -0.1) is 0 Å². The van der Waals surface area contributed by atoms with Gasteiger partial charge < -0.3 is 10.1 Å². The van der Waals surface area contributed by atoms with E-state index in [0.29, 0.717) is 0 Å². The quantitative estimate of drug-likeness (QED) is 0.781. The average Bonchev–Trinajstić information content (AvgIpc) is 2.89. The molecule has 1 N–H and O–H groups in total. The molecule has 0 radical (unpaired) electrons. The first kappa shape index (κ1) is 13.4. The third-order valence-corrected chi connectivity index (χ3v) is 3.39. The molecule has 5 nitrogen and oxygen atoms in total. The molecule has 0 unspecified atom stereocenters. The molecule has 3 rings (SSSR count). The van der Waals surface area contributed by atoms with Crippen molar-refractivity contribution in [2.75, 3.05) is 19.0 Å². The van der Waals surface area contributed by atoms with Crippen molar-refractivity contribution < 1.29 is 4.74 Å². The summed E-state index contributed by atoms with van der Waals surface area (Å²) in [5.41, 5.74) is 3.16. The largest absolute Gasteiger partial charge is 0.496 e. The van der Waals surface area contributed by atoms with Crippen molar-refractivity contribution in [3.05, 3.63) is 54.0 Å². The van der Waals surface area contributed by atoms with Gasteiger partial charge in [-0.3, -0.25) is 0 Å². The smallest absolute Gasteiger partial charge is 0.152 e. The topological polar surface area (TPSA) is 51.5 Å². The van der Waals surface area contributed by atoms with Crippen LogP contribution in [0.4, 0.5) is 5.82 Å². The van der Waals surface area contributed by atoms with Crippen LogP contribution in [0.3, 0.4) is 0 Å². The number of para-hydroxylation sites is 1. The van der Waals surface area contributed by atoms with Crippen LogP contribution in [0.2, 0.25) is 0 Å². The van der Waals surface area contributed by atoms with Crippen LogP contribution in [-0.2, 0) is 6.42 Å². The highest BCUT2D eigenvalue weighted by Gasteiger charge is 2.06. The van der Waals surface area contributed by atoms with Crippen molar-refractivity contribution in [2.24, 2.45) is 0 Å². The summed E-state index contributed by atoms with van der Waals surface area (Å²) in [7, 11) is 1.70. The average molecular weight is 282 g/mol. The van der Waals surface area contributed by atoms with E-state index in [1.807, 2.05) is 41.9 Å². The summed E-state index contributed by atoms with van der Waals surface area (Å²) in [4.78, 5) is 4.39. The zero-order chi connectivity index (χ0) is 14.7. The lowest BCUT2D eigenvalue weighted by Crippen LogP contribution is -2.08. The summed E-state index contributed by atoms with van der Waals surface area (Å²) >= 11 is 0. The molecule has 0 fully saturated rings. The molecule has 0 saturated carbocycles. The van der Waals surface area contributed by atoms with Crippen LogP contribution < -0.4 is 10.1 Å². The van der Waals surface area contributed by atoms with E-state index < -0.39 is 0 Å². The van der Waals surface area contributed by atoms with Crippen molar-refractivity contribution in [1.82, 2.24) is 14.6 Å². The number of methoxy groups -OCH3 is 1. The number of fused-ring (bicyclic) bond motifs is 1. The van der Waals surface area contributed by atoms with Gasteiger partial charge in [-0.1, -0.05) is 18.2 Å². The molecule has 0 spiro atoms. The van der Waals surface area contributed by atoms with E-state index in [9.17, 15) is 0 Å². The number of aryl methyl sites for hydroxylation is 1. The fraction of sp³-hybridized carbons (Fsp3) is 0.250. The number of aromatic nitrogens is 3. The van der Waals surface area contributed by atoms with Gasteiger partial charge >= 0.3 is 0 Å². The van der Waals surface area contributed by atoms with E-state index in [4.69, 9.17) is 4.74 Å². The first-order chi connectivity index (χ1) is 10.3. The zero-order valence-corrected chi connectivity index (χ0v) is 12.2. The fourth-order valence-electron chi connectivity index (χ4n) is 2.41. The number of ether oxygens (including phenoxy) is 1. The molecule has 0 amide bonds. The highest BCUT2D eigenvalue weighted by Crippen LogP contribution is 2.19. The van der Waals surface area contributed by atoms with Crippen molar-refractivity contribution in [2.45, 2.75) is 13.3 Å². The van der Waals surface area contributed by atoms with Gasteiger partial charge in [-0.25, -0.2) is 9.50 Å². The molecule has 0 bridgehead atoms. The molecule has 21 heavy (non-hydrogen) atoms. The molecule has 2 heterocycles. The number of anilines is 1. The zero-order valence-electron chi connectivity index (χ0n) is 12.2. The van der Waals surface area contributed by atoms with Crippen LogP contribution in [-0.4, -0.2) is 28.3 Å². The standard InChI is InChI=1S/C16H18N4O/c1-12-11-14-16(18-9-10-20(14)19-12)17-8-7-13-5-3-4-6-15(13)21-2/h3-6,9-11H,7-8H2,1-2H3,(H,17,18). The lowest BCUT2D eigenvalue weighted by atomic mass is 10.1. The summed E-state index contributed by atoms with van der Waals surface area (Å²) in [5.74, 6) is 1.78. The van der Waals surface area contributed by atoms with E-state index in [1.165, 1.54) is 5.56 Å². The van der Waals surface area contributed by atoms with Gasteiger partial charge in [-0.2, -0.15) is 5.10 Å². The molecule has 0 aliphatic heterocycles. The van der Waals surface area contributed by atoms with E-state index in [2.05, 4.69) is 21.5 Å². The summed E-state index contributed by atoms with van der Waals surface area (Å²) in [5, 5.41) is 7.76. The molecule has 5 heteroatoms. The number of nitrogens with one attached hydrogen (secondary N) is 1.